The van der Waals surface area contributed by atoms with Crippen LogP contribution in [0.25, 0.3) is 0 Å². The van der Waals surface area contributed by atoms with Crippen LogP contribution in [-0.4, -0.2) is 17.7 Å². The number of benzene rings is 1. The van der Waals surface area contributed by atoms with Crippen molar-refractivity contribution in [1.82, 2.24) is 0 Å². The van der Waals surface area contributed by atoms with Gasteiger partial charge in [-0.05, 0) is 11.6 Å². The molecule has 2 N–H and O–H groups in total. The first kappa shape index (κ1) is 12.2. The van der Waals surface area contributed by atoms with Crippen LogP contribution in [0.2, 0.25) is 0 Å². The number of nitrogens with two attached hydrogens (primary N) is 1. The van der Waals surface area contributed by atoms with Crippen LogP contribution >= 0.6 is 24.6 Å². The second-order valence-corrected chi connectivity index (χ2v) is 2.61. The van der Waals surface area contributed by atoms with E-state index in [4.69, 9.17) is 18.0 Å². The number of carbonyl (C=O) groups excluding carboxylic acids is 1. The Balaban J connectivity index is 0.00000144. The molecule has 0 amide bonds. The van der Waals surface area contributed by atoms with Gasteiger partial charge in [0.15, 0.2) is 5.78 Å². The maximum atomic E-state index is 11.1. The summed E-state index contributed by atoms with van der Waals surface area (Å²) in [6, 6.07) is 7.11. The lowest BCUT2D eigenvalue weighted by atomic mass is 10.1. The zero-order chi connectivity index (χ0) is 8.97. The summed E-state index contributed by atoms with van der Waals surface area (Å²) >= 11 is 4.73. The summed E-state index contributed by atoms with van der Waals surface area (Å²) in [6.45, 7) is 0.0425. The quantitative estimate of drug-likeness (QED) is 0.615. The third-order valence-electron chi connectivity index (χ3n) is 1.53. The summed E-state index contributed by atoms with van der Waals surface area (Å²) in [5, 5.41) is 1.54. The van der Waals surface area contributed by atoms with Gasteiger partial charge in [0.2, 0.25) is 0 Å². The van der Waals surface area contributed by atoms with E-state index in [1.165, 1.54) is 5.37 Å². The fraction of sp³-hybridized carbons (Fsp3) is 0.111. The topological polar surface area (TPSA) is 43.1 Å². The van der Waals surface area contributed by atoms with E-state index in [0.717, 1.165) is 5.56 Å². The number of rotatable bonds is 3. The highest BCUT2D eigenvalue weighted by Gasteiger charge is 2.01. The molecule has 1 aromatic rings. The Morgan fingerprint density at radius 3 is 2.77 bits per heavy atom. The molecule has 0 saturated carbocycles. The first-order chi connectivity index (χ1) is 5.77. The minimum absolute atomic E-state index is 0. The monoisotopic (exact) mass is 215 g/mol. The van der Waals surface area contributed by atoms with E-state index in [9.17, 15) is 4.79 Å². The Hall–Kier alpha value is -0.770. The van der Waals surface area contributed by atoms with Crippen molar-refractivity contribution in [2.45, 2.75) is 0 Å². The van der Waals surface area contributed by atoms with Gasteiger partial charge in [-0.1, -0.05) is 30.4 Å². The first-order valence-electron chi connectivity index (χ1n) is 3.56. The number of carbonyl (C=O) groups is 1. The molecule has 0 fully saturated rings. The van der Waals surface area contributed by atoms with Gasteiger partial charge in [-0.2, -0.15) is 0 Å². The largest absolute Gasteiger partial charge is 0.324 e. The van der Waals surface area contributed by atoms with Gasteiger partial charge < -0.3 is 5.73 Å². The van der Waals surface area contributed by atoms with E-state index in [-0.39, 0.29) is 24.7 Å². The average Bonchev–Trinajstić information content (AvgIpc) is 2.17. The second kappa shape index (κ2) is 5.80. The number of thiocarbonyl (C=S) groups is 1. The van der Waals surface area contributed by atoms with Crippen LogP contribution in [0.1, 0.15) is 15.9 Å². The molecule has 0 aliphatic carbocycles. The zero-order valence-electron chi connectivity index (χ0n) is 6.90. The van der Waals surface area contributed by atoms with E-state index in [1.807, 2.05) is 6.07 Å². The standard InChI is InChI=1S/C9H9NOS.ClH/c10-5-9(11)8-3-1-2-7(4-8)6-12;/h1-4,6H,5,10H2;1H. The molecule has 4 heteroatoms. The molecule has 0 atom stereocenters. The average molecular weight is 216 g/mol. The molecule has 0 aliphatic rings. The fourth-order valence-corrected chi connectivity index (χ4v) is 1.05. The minimum atomic E-state index is -0.0614. The molecule has 1 rings (SSSR count). The normalized spacial score (nSPS) is 8.69. The van der Waals surface area contributed by atoms with E-state index in [1.54, 1.807) is 18.2 Å². The molecule has 13 heavy (non-hydrogen) atoms. The summed E-state index contributed by atoms with van der Waals surface area (Å²) in [5.41, 5.74) is 6.70. The summed E-state index contributed by atoms with van der Waals surface area (Å²) < 4.78 is 0. The third kappa shape index (κ3) is 3.22. The van der Waals surface area contributed by atoms with Crippen molar-refractivity contribution < 1.29 is 4.79 Å². The Kier molecular flexibility index (Phi) is 5.46. The Labute approximate surface area is 88.5 Å². The van der Waals surface area contributed by atoms with Crippen LogP contribution in [-0.2, 0) is 0 Å². The van der Waals surface area contributed by atoms with E-state index >= 15 is 0 Å². The molecular weight excluding hydrogens is 206 g/mol. The second-order valence-electron chi connectivity index (χ2n) is 2.37. The smallest absolute Gasteiger partial charge is 0.176 e. The lowest BCUT2D eigenvalue weighted by Gasteiger charge is -1.97. The van der Waals surface area contributed by atoms with Crippen LogP contribution in [0.3, 0.4) is 0 Å². The number of ketones is 1. The highest BCUT2D eigenvalue weighted by molar-refractivity contribution is 7.79. The molecule has 0 saturated heterocycles. The van der Waals surface area contributed by atoms with Gasteiger partial charge in [0.25, 0.3) is 0 Å². The lowest BCUT2D eigenvalue weighted by molar-refractivity contribution is 0.100. The maximum Gasteiger partial charge on any atom is 0.176 e. The molecule has 0 aromatic heterocycles. The Morgan fingerprint density at radius 1 is 1.54 bits per heavy atom. The predicted molar refractivity (Wildman–Crippen MR) is 59.8 cm³/mol. The molecule has 2 nitrogen and oxygen atoms in total. The Morgan fingerprint density at radius 2 is 2.23 bits per heavy atom. The SMILES string of the molecule is Cl.NCC(=O)c1cccc(C=S)c1. The number of hydrogen-bond donors (Lipinski definition) is 1. The lowest BCUT2D eigenvalue weighted by Crippen LogP contribution is -2.13. The molecule has 70 valence electrons. The van der Waals surface area contributed by atoms with Crippen LogP contribution in [0.5, 0.6) is 0 Å². The van der Waals surface area contributed by atoms with Crippen molar-refractivity contribution in [3.05, 3.63) is 35.4 Å². The van der Waals surface area contributed by atoms with Crippen molar-refractivity contribution >= 4 is 35.8 Å². The van der Waals surface area contributed by atoms with Crippen LogP contribution < -0.4 is 5.73 Å². The van der Waals surface area contributed by atoms with E-state index < -0.39 is 0 Å². The van der Waals surface area contributed by atoms with E-state index in [0.29, 0.717) is 5.56 Å². The number of halogens is 1. The van der Waals surface area contributed by atoms with Crippen molar-refractivity contribution in [2.24, 2.45) is 5.73 Å². The summed E-state index contributed by atoms with van der Waals surface area (Å²) in [5.74, 6) is -0.0614. The first-order valence-corrected chi connectivity index (χ1v) is 4.03. The molecule has 0 radical (unpaired) electrons. The van der Waals surface area contributed by atoms with Gasteiger partial charge in [0, 0.05) is 10.9 Å². The van der Waals surface area contributed by atoms with Gasteiger partial charge in [-0.3, -0.25) is 4.79 Å². The van der Waals surface area contributed by atoms with Gasteiger partial charge in [-0.25, -0.2) is 0 Å². The van der Waals surface area contributed by atoms with Crippen molar-refractivity contribution in [3.8, 4) is 0 Å². The Bertz CT molecular complexity index is 314. The highest BCUT2D eigenvalue weighted by atomic mass is 35.5. The van der Waals surface area contributed by atoms with Crippen LogP contribution in [0.15, 0.2) is 24.3 Å². The summed E-state index contributed by atoms with van der Waals surface area (Å²) in [4.78, 5) is 11.1. The number of Topliss-reactive ketones (excluding diaryl/α,β-unsaturated/α-hetero) is 1. The maximum absolute atomic E-state index is 11.1. The fourth-order valence-electron chi connectivity index (χ4n) is 0.903. The van der Waals surface area contributed by atoms with Gasteiger partial charge >= 0.3 is 0 Å². The molecule has 0 aliphatic heterocycles. The highest BCUT2D eigenvalue weighted by Crippen LogP contribution is 2.03. The summed E-state index contributed by atoms with van der Waals surface area (Å²) in [6.07, 6.45) is 0. The van der Waals surface area contributed by atoms with Crippen LogP contribution in [0.4, 0.5) is 0 Å². The van der Waals surface area contributed by atoms with Gasteiger partial charge in [0.1, 0.15) is 0 Å². The summed E-state index contributed by atoms with van der Waals surface area (Å²) in [7, 11) is 0. The zero-order valence-corrected chi connectivity index (χ0v) is 8.53. The molecule has 0 heterocycles. The molecule has 0 bridgehead atoms. The molecule has 1 aromatic carbocycles. The minimum Gasteiger partial charge on any atom is -0.324 e. The third-order valence-corrected chi connectivity index (χ3v) is 1.80. The number of hydrogen-bond acceptors (Lipinski definition) is 3. The van der Waals surface area contributed by atoms with Gasteiger partial charge in [0.05, 0.1) is 6.54 Å². The van der Waals surface area contributed by atoms with Crippen molar-refractivity contribution in [2.75, 3.05) is 6.54 Å². The molecule has 0 spiro atoms. The van der Waals surface area contributed by atoms with Crippen molar-refractivity contribution in [1.29, 1.82) is 0 Å². The molecular formula is C9H10ClNOS. The van der Waals surface area contributed by atoms with Crippen molar-refractivity contribution in [3.63, 3.8) is 0 Å². The van der Waals surface area contributed by atoms with Gasteiger partial charge in [-0.15, -0.1) is 12.4 Å². The molecule has 0 unspecified atom stereocenters. The van der Waals surface area contributed by atoms with E-state index in [2.05, 4.69) is 0 Å². The predicted octanol–water partition coefficient (Wildman–Crippen LogP) is 1.60. The van der Waals surface area contributed by atoms with Crippen LogP contribution in [0, 0.1) is 0 Å².